The first kappa shape index (κ1) is 83.0. The molecule has 10 nitrogen and oxygen atoms in total. The number of likely N-dealkylation sites (N-methyl/N-ethyl adjacent to an activating group) is 1. The fourth-order valence-corrected chi connectivity index (χ4v) is 8.28. The summed E-state index contributed by atoms with van der Waals surface area (Å²) in [7, 11) is 3.81. The van der Waals surface area contributed by atoms with Crippen LogP contribution in [0.2, 0.25) is 0 Å². The third-order valence-corrected chi connectivity index (χ3v) is 12.7. The Hall–Kier alpha value is -0.980. The lowest BCUT2D eigenvalue weighted by Gasteiger charge is -2.26. The second kappa shape index (κ2) is 68.0. The Morgan fingerprint density at radius 3 is 1.26 bits per heavy atom. The fourth-order valence-electron chi connectivity index (χ4n) is 8.28. The van der Waals surface area contributed by atoms with E-state index in [-0.39, 0.29) is 39.3 Å². The zero-order chi connectivity index (χ0) is 51.0. The number of carbonyl (C=O) groups excluding carboxylic acids is 2. The van der Waals surface area contributed by atoms with Gasteiger partial charge in [-0.3, -0.25) is 0 Å². The molecule has 0 aliphatic carbocycles. The van der Waals surface area contributed by atoms with E-state index in [1.807, 2.05) is 27.7 Å². The normalized spacial score (nSPS) is 11.6. The zero-order valence-corrected chi connectivity index (χ0v) is 47.0. The van der Waals surface area contributed by atoms with Gasteiger partial charge in [-0.25, -0.2) is 19.6 Å². The SMILES string of the molecule is C.C.C.C=O.C=O.CCCCCC(CCCCC)CCCOCC(C)(C)CCCCCCOOC[C@H](COOCCCNC)NC.CCCCCCC(C)(C)OCCCC(CCCCC)CCCCC. The average Bonchev–Trinajstić information content (AvgIpc) is 3.32. The minimum Gasteiger partial charge on any atom is -0.381 e. The topological polar surface area (TPSA) is 114 Å². The fraction of sp³-hybridized carbons (Fsp3) is 0.967. The molecule has 10 heteroatoms. The van der Waals surface area contributed by atoms with Gasteiger partial charge in [0.1, 0.15) is 13.6 Å². The van der Waals surface area contributed by atoms with Gasteiger partial charge in [-0.15, -0.1) is 0 Å². The maximum Gasteiger partial charge on any atom is 0.106 e. The van der Waals surface area contributed by atoms with Crippen molar-refractivity contribution in [3.05, 3.63) is 0 Å². The van der Waals surface area contributed by atoms with Crippen LogP contribution in [-0.4, -0.2) is 92.1 Å². The van der Waals surface area contributed by atoms with Crippen LogP contribution in [0, 0.1) is 17.3 Å². The van der Waals surface area contributed by atoms with Crippen molar-refractivity contribution >= 4 is 13.6 Å². The van der Waals surface area contributed by atoms with Crippen molar-refractivity contribution in [3.63, 3.8) is 0 Å². The van der Waals surface area contributed by atoms with Crippen molar-refractivity contribution in [3.8, 4) is 0 Å². The van der Waals surface area contributed by atoms with Crippen LogP contribution in [0.25, 0.3) is 0 Å². The Labute approximate surface area is 440 Å². The predicted molar refractivity (Wildman–Crippen MR) is 308 cm³/mol. The highest BCUT2D eigenvalue weighted by molar-refractivity contribution is 5.11. The molecule has 1 atom stereocenters. The van der Waals surface area contributed by atoms with Crippen LogP contribution >= 0.6 is 0 Å². The number of unbranched alkanes of at least 4 members (excludes halogenated alkanes) is 14. The molecule has 0 aromatic heterocycles. The Morgan fingerprint density at radius 1 is 0.429 bits per heavy atom. The van der Waals surface area contributed by atoms with Crippen LogP contribution < -0.4 is 10.6 Å². The van der Waals surface area contributed by atoms with Crippen molar-refractivity contribution in [1.82, 2.24) is 10.6 Å². The average molecular weight is 1010 g/mol. The van der Waals surface area contributed by atoms with Gasteiger partial charge in [0, 0.05) is 13.2 Å². The van der Waals surface area contributed by atoms with Crippen LogP contribution in [-0.2, 0) is 38.6 Å². The molecule has 0 rings (SSSR count). The molecule has 0 amide bonds. The number of hydrogen-bond acceptors (Lipinski definition) is 10. The smallest absolute Gasteiger partial charge is 0.106 e. The quantitative estimate of drug-likeness (QED) is 0.0347. The molecule has 0 bridgehead atoms. The van der Waals surface area contributed by atoms with Crippen molar-refractivity contribution in [2.75, 3.05) is 66.9 Å². The molecule has 0 spiro atoms. The molecule has 0 heterocycles. The standard InChI is InChI=1S/C32H68N2O5.C23H48O.2CH2O.3CH4/c1-7-9-13-19-30(20-14-10-8-2)21-17-24-35-29-32(3,4)22-15-11-12-16-25-36-38-27-31(34-6)28-39-37-26-18-23-33-5;1-6-9-12-15-20-23(4,5)24-21-16-19-22(17-13-10-7-2)18-14-11-8-3;2*1-2;;;/h30-31,33-34H,7-29H2,1-6H3;22H,6-21H2,1-5H3;2*1H2;3*1H4/t31-;;;;;;/m1....../s1. The molecule has 70 heavy (non-hydrogen) atoms. The van der Waals surface area contributed by atoms with E-state index < -0.39 is 0 Å². The molecule has 0 saturated heterocycles. The van der Waals surface area contributed by atoms with Gasteiger partial charge in [0.05, 0.1) is 44.7 Å². The first-order valence-electron chi connectivity index (χ1n) is 28.1. The predicted octanol–water partition coefficient (Wildman–Crippen LogP) is 17.5. The Bertz CT molecular complexity index is 877. The van der Waals surface area contributed by atoms with E-state index >= 15 is 0 Å². The largest absolute Gasteiger partial charge is 0.381 e. The van der Waals surface area contributed by atoms with Gasteiger partial charge in [-0.1, -0.05) is 218 Å². The van der Waals surface area contributed by atoms with Gasteiger partial charge in [-0.2, -0.15) is 0 Å². The number of nitrogens with one attached hydrogen (secondary N) is 2. The van der Waals surface area contributed by atoms with Gasteiger partial charge in [0.15, 0.2) is 0 Å². The van der Waals surface area contributed by atoms with Gasteiger partial charge in [0.25, 0.3) is 0 Å². The lowest BCUT2D eigenvalue weighted by atomic mass is 9.87. The van der Waals surface area contributed by atoms with Gasteiger partial charge >= 0.3 is 0 Å². The van der Waals surface area contributed by atoms with Crippen molar-refractivity contribution in [2.45, 2.75) is 295 Å². The Kier molecular flexibility index (Phi) is 80.7. The first-order valence-corrected chi connectivity index (χ1v) is 28.1. The lowest BCUT2D eigenvalue weighted by molar-refractivity contribution is -0.320. The summed E-state index contributed by atoms with van der Waals surface area (Å²) in [6.07, 6.45) is 40.8. The van der Waals surface area contributed by atoms with Crippen molar-refractivity contribution in [2.24, 2.45) is 17.3 Å². The van der Waals surface area contributed by atoms with Crippen LogP contribution in [0.4, 0.5) is 0 Å². The van der Waals surface area contributed by atoms with E-state index in [0.29, 0.717) is 26.4 Å². The summed E-state index contributed by atoms with van der Waals surface area (Å²) in [5.41, 5.74) is 0.329. The summed E-state index contributed by atoms with van der Waals surface area (Å²) in [5.74, 6) is 1.85. The number of hydrogen-bond donors (Lipinski definition) is 2. The summed E-state index contributed by atoms with van der Waals surface area (Å²) in [4.78, 5) is 37.1. The second-order valence-corrected chi connectivity index (χ2v) is 20.5. The maximum atomic E-state index is 8.00. The number of rotatable bonds is 50. The molecule has 0 saturated carbocycles. The van der Waals surface area contributed by atoms with E-state index in [1.165, 1.54) is 180 Å². The second-order valence-electron chi connectivity index (χ2n) is 20.5. The number of carbonyl (C=O) groups is 2. The molecule has 0 fully saturated rings. The van der Waals surface area contributed by atoms with Crippen LogP contribution in [0.5, 0.6) is 0 Å². The summed E-state index contributed by atoms with van der Waals surface area (Å²) >= 11 is 0. The summed E-state index contributed by atoms with van der Waals surface area (Å²) < 4.78 is 12.3. The van der Waals surface area contributed by atoms with Crippen LogP contribution in [0.3, 0.4) is 0 Å². The molecule has 430 valence electrons. The Balaban J connectivity index is -0.000000221. The summed E-state index contributed by atoms with van der Waals surface area (Å²) in [6, 6.07) is 0.0387. The minimum absolute atomic E-state index is 0. The summed E-state index contributed by atoms with van der Waals surface area (Å²) in [6.45, 7) is 30.5. The molecule has 0 unspecified atom stereocenters. The van der Waals surface area contributed by atoms with E-state index in [2.05, 4.69) is 72.9 Å². The molecule has 0 aliphatic heterocycles. The molecule has 0 aromatic rings. The van der Waals surface area contributed by atoms with E-state index in [0.717, 1.165) is 57.5 Å². The van der Waals surface area contributed by atoms with E-state index in [1.54, 1.807) is 0 Å². The molecular weight excluding hydrogens is 877 g/mol. The first-order chi connectivity index (χ1) is 32.5. The molecule has 0 aromatic carbocycles. The molecular formula is C60H132N2O8. The van der Waals surface area contributed by atoms with Gasteiger partial charge in [0.2, 0.25) is 0 Å². The highest BCUT2D eigenvalue weighted by Gasteiger charge is 2.19. The van der Waals surface area contributed by atoms with E-state index in [9.17, 15) is 0 Å². The molecule has 0 aliphatic rings. The van der Waals surface area contributed by atoms with Crippen molar-refractivity contribution in [1.29, 1.82) is 0 Å². The maximum absolute atomic E-state index is 8.00. The van der Waals surface area contributed by atoms with E-state index in [4.69, 9.17) is 38.6 Å². The van der Waals surface area contributed by atoms with Gasteiger partial charge in [-0.05, 0) is 103 Å². The third-order valence-electron chi connectivity index (χ3n) is 12.7. The number of ether oxygens (including phenoxy) is 2. The molecule has 0 radical (unpaired) electrons. The lowest BCUT2D eigenvalue weighted by Crippen LogP contribution is -2.35. The molecule has 2 N–H and O–H groups in total. The highest BCUT2D eigenvalue weighted by Crippen LogP contribution is 2.27. The monoisotopic (exact) mass is 1010 g/mol. The highest BCUT2D eigenvalue weighted by atomic mass is 17.2. The van der Waals surface area contributed by atoms with Gasteiger partial charge < -0.3 is 29.7 Å². The minimum atomic E-state index is 0. The zero-order valence-electron chi connectivity index (χ0n) is 47.0. The van der Waals surface area contributed by atoms with Crippen LogP contribution in [0.1, 0.15) is 284 Å². The van der Waals surface area contributed by atoms with Crippen molar-refractivity contribution < 1.29 is 38.6 Å². The Morgan fingerprint density at radius 2 is 0.814 bits per heavy atom. The van der Waals surface area contributed by atoms with Crippen LogP contribution in [0.15, 0.2) is 0 Å². The summed E-state index contributed by atoms with van der Waals surface area (Å²) in [5, 5.41) is 6.23. The third kappa shape index (κ3) is 67.0.